The predicted molar refractivity (Wildman–Crippen MR) is 82.1 cm³/mol. The summed E-state index contributed by atoms with van der Waals surface area (Å²) in [5.41, 5.74) is 1.52. The Morgan fingerprint density at radius 1 is 1.48 bits per heavy atom. The molecular weight excluding hydrogens is 266 g/mol. The molecule has 1 aliphatic carbocycles. The third kappa shape index (κ3) is 3.28. The summed E-state index contributed by atoms with van der Waals surface area (Å²) in [5.74, 6) is 0.247. The molecule has 1 aromatic heterocycles. The normalized spacial score (nSPS) is 17.5. The van der Waals surface area contributed by atoms with Crippen LogP contribution in [0.25, 0.3) is 0 Å². The number of carbonyl (C=O) groups excluding carboxylic acids is 1. The number of hydrogen-bond donors (Lipinski definition) is 1. The van der Waals surface area contributed by atoms with Gasteiger partial charge in [0, 0.05) is 5.69 Å². The monoisotopic (exact) mass is 293 g/mol. The number of aromatic nitrogens is 2. The molecule has 1 aliphatic rings. The third-order valence-electron chi connectivity index (χ3n) is 4.37. The molecule has 5 heteroatoms. The minimum atomic E-state index is -0.607. The molecule has 118 valence electrons. The summed E-state index contributed by atoms with van der Waals surface area (Å²) in [6, 6.07) is 0. The van der Waals surface area contributed by atoms with E-state index in [-0.39, 0.29) is 5.97 Å². The van der Waals surface area contributed by atoms with Crippen molar-refractivity contribution in [2.24, 2.45) is 5.92 Å². The molecule has 0 amide bonds. The quantitative estimate of drug-likeness (QED) is 0.747. The first-order chi connectivity index (χ1) is 10.0. The van der Waals surface area contributed by atoms with E-state index in [1.807, 2.05) is 27.1 Å². The van der Waals surface area contributed by atoms with Crippen LogP contribution in [-0.4, -0.2) is 34.2 Å². The number of carbonyl (C=O) groups is 1. The molecule has 21 heavy (non-hydrogen) atoms. The Kier molecular flexibility index (Phi) is 5.04. The number of aryl methyl sites for hydroxylation is 1. The van der Waals surface area contributed by atoms with Gasteiger partial charge < -0.3 is 14.6 Å². The molecule has 1 atom stereocenters. The first kappa shape index (κ1) is 16.0. The molecule has 1 heterocycles. The van der Waals surface area contributed by atoms with Gasteiger partial charge in [-0.1, -0.05) is 6.92 Å². The van der Waals surface area contributed by atoms with E-state index in [0.717, 1.165) is 37.2 Å². The Balaban J connectivity index is 2.28. The summed E-state index contributed by atoms with van der Waals surface area (Å²) < 4.78 is 7.47. The van der Waals surface area contributed by atoms with Crippen molar-refractivity contribution in [3.8, 4) is 0 Å². The predicted octanol–water partition coefficient (Wildman–Crippen LogP) is 2.21. The van der Waals surface area contributed by atoms with E-state index >= 15 is 0 Å². The molecule has 1 fully saturated rings. The summed E-state index contributed by atoms with van der Waals surface area (Å²) in [5, 5.41) is 3.49. The molecular formula is C16H27N3O2. The van der Waals surface area contributed by atoms with Crippen LogP contribution in [0.15, 0.2) is 6.33 Å². The van der Waals surface area contributed by atoms with E-state index in [0.29, 0.717) is 19.1 Å². The Morgan fingerprint density at radius 2 is 2.19 bits per heavy atom. The van der Waals surface area contributed by atoms with Gasteiger partial charge >= 0.3 is 5.97 Å². The average Bonchev–Trinajstić information content (AvgIpc) is 3.26. The summed E-state index contributed by atoms with van der Waals surface area (Å²) in [4.78, 5) is 17.0. The minimum absolute atomic E-state index is 0.119. The van der Waals surface area contributed by atoms with Crippen molar-refractivity contribution in [1.29, 1.82) is 0 Å². The molecule has 0 aromatic carbocycles. The Morgan fingerprint density at radius 3 is 2.67 bits per heavy atom. The van der Waals surface area contributed by atoms with Gasteiger partial charge in [0.1, 0.15) is 5.54 Å². The third-order valence-corrected chi connectivity index (χ3v) is 4.37. The molecule has 0 spiro atoms. The van der Waals surface area contributed by atoms with E-state index in [4.69, 9.17) is 4.74 Å². The molecule has 1 N–H and O–H groups in total. The van der Waals surface area contributed by atoms with Gasteiger partial charge in [-0.15, -0.1) is 0 Å². The fourth-order valence-electron chi connectivity index (χ4n) is 2.79. The highest BCUT2D eigenvalue weighted by molar-refractivity contribution is 5.82. The lowest BCUT2D eigenvalue weighted by Gasteiger charge is -2.33. The van der Waals surface area contributed by atoms with Crippen LogP contribution in [0.3, 0.4) is 0 Å². The number of rotatable bonds is 8. The maximum absolute atomic E-state index is 12.7. The molecule has 0 radical (unpaired) electrons. The number of hydrogen-bond acceptors (Lipinski definition) is 4. The standard InChI is InChI=1S/C16H27N3O2/c1-5-9-18-16(14-7-8-14,15(20)21-6-2)10-19-11-17-12(3)13(19)4/h11,14,18H,5-10H2,1-4H3. The largest absolute Gasteiger partial charge is 0.465 e. The molecule has 1 aromatic rings. The van der Waals surface area contributed by atoms with Crippen LogP contribution in [-0.2, 0) is 16.1 Å². The van der Waals surface area contributed by atoms with Gasteiger partial charge in [0.15, 0.2) is 0 Å². The van der Waals surface area contributed by atoms with E-state index in [1.54, 1.807) is 0 Å². The lowest BCUT2D eigenvalue weighted by Crippen LogP contribution is -2.58. The fraction of sp³-hybridized carbons (Fsp3) is 0.750. The second kappa shape index (κ2) is 6.60. The number of nitrogens with zero attached hydrogens (tertiary/aromatic N) is 2. The Labute approximate surface area is 127 Å². The van der Waals surface area contributed by atoms with Gasteiger partial charge in [0.2, 0.25) is 0 Å². The molecule has 0 saturated heterocycles. The van der Waals surface area contributed by atoms with Gasteiger partial charge in [0.05, 0.1) is 25.2 Å². The maximum atomic E-state index is 12.7. The zero-order chi connectivity index (χ0) is 15.5. The van der Waals surface area contributed by atoms with Crippen LogP contribution >= 0.6 is 0 Å². The van der Waals surface area contributed by atoms with Crippen molar-refractivity contribution < 1.29 is 9.53 Å². The van der Waals surface area contributed by atoms with E-state index in [1.165, 1.54) is 0 Å². The van der Waals surface area contributed by atoms with Gasteiger partial charge in [-0.2, -0.15) is 0 Å². The van der Waals surface area contributed by atoms with Crippen molar-refractivity contribution in [3.63, 3.8) is 0 Å². The molecule has 2 rings (SSSR count). The second-order valence-electron chi connectivity index (χ2n) is 5.94. The SMILES string of the molecule is CCCNC(Cn1cnc(C)c1C)(C(=O)OCC)C1CC1. The summed E-state index contributed by atoms with van der Waals surface area (Å²) >= 11 is 0. The van der Waals surface area contributed by atoms with Gasteiger partial charge in [-0.25, -0.2) is 9.78 Å². The fourth-order valence-corrected chi connectivity index (χ4v) is 2.79. The lowest BCUT2D eigenvalue weighted by atomic mass is 9.92. The first-order valence-electron chi connectivity index (χ1n) is 7.95. The van der Waals surface area contributed by atoms with Crippen molar-refractivity contribution in [1.82, 2.24) is 14.9 Å². The summed E-state index contributed by atoms with van der Waals surface area (Å²) in [6.07, 6.45) is 5.00. The second-order valence-corrected chi connectivity index (χ2v) is 5.94. The highest BCUT2D eigenvalue weighted by atomic mass is 16.5. The van der Waals surface area contributed by atoms with Crippen molar-refractivity contribution >= 4 is 5.97 Å². The Hall–Kier alpha value is -1.36. The van der Waals surface area contributed by atoms with Crippen LogP contribution in [0.5, 0.6) is 0 Å². The molecule has 0 aliphatic heterocycles. The van der Waals surface area contributed by atoms with Gasteiger partial charge in [-0.3, -0.25) is 0 Å². The van der Waals surface area contributed by atoms with Crippen LogP contribution in [0.4, 0.5) is 0 Å². The van der Waals surface area contributed by atoms with Crippen molar-refractivity contribution in [2.75, 3.05) is 13.2 Å². The van der Waals surface area contributed by atoms with Crippen LogP contribution < -0.4 is 5.32 Å². The van der Waals surface area contributed by atoms with Gasteiger partial charge in [-0.05, 0) is 52.5 Å². The zero-order valence-electron chi connectivity index (χ0n) is 13.6. The zero-order valence-corrected chi connectivity index (χ0v) is 13.6. The van der Waals surface area contributed by atoms with E-state index < -0.39 is 5.54 Å². The first-order valence-corrected chi connectivity index (χ1v) is 7.95. The van der Waals surface area contributed by atoms with Crippen LogP contribution in [0, 0.1) is 19.8 Å². The lowest BCUT2D eigenvalue weighted by molar-refractivity contribution is -0.153. The maximum Gasteiger partial charge on any atom is 0.328 e. The number of ether oxygens (including phenoxy) is 1. The van der Waals surface area contributed by atoms with Crippen LogP contribution in [0.2, 0.25) is 0 Å². The van der Waals surface area contributed by atoms with Gasteiger partial charge in [0.25, 0.3) is 0 Å². The molecule has 0 bridgehead atoms. The van der Waals surface area contributed by atoms with E-state index in [2.05, 4.69) is 21.8 Å². The smallest absolute Gasteiger partial charge is 0.328 e. The number of nitrogens with one attached hydrogen (secondary N) is 1. The van der Waals surface area contributed by atoms with Crippen LogP contribution in [0.1, 0.15) is 44.5 Å². The van der Waals surface area contributed by atoms with E-state index in [9.17, 15) is 4.79 Å². The van der Waals surface area contributed by atoms with Crippen molar-refractivity contribution in [3.05, 3.63) is 17.7 Å². The highest BCUT2D eigenvalue weighted by Crippen LogP contribution is 2.41. The highest BCUT2D eigenvalue weighted by Gasteiger charge is 2.52. The molecule has 5 nitrogen and oxygen atoms in total. The van der Waals surface area contributed by atoms with Crippen molar-refractivity contribution in [2.45, 2.75) is 59.0 Å². The number of imidazole rings is 1. The molecule has 1 unspecified atom stereocenters. The summed E-state index contributed by atoms with van der Waals surface area (Å²) in [6.45, 7) is 9.86. The minimum Gasteiger partial charge on any atom is -0.465 e. The summed E-state index contributed by atoms with van der Waals surface area (Å²) in [7, 11) is 0. The molecule has 1 saturated carbocycles. The topological polar surface area (TPSA) is 56.2 Å². The Bertz CT molecular complexity index is 494. The average molecular weight is 293 g/mol. The number of esters is 1.